The van der Waals surface area contributed by atoms with Crippen molar-refractivity contribution in [2.75, 3.05) is 5.32 Å². The number of nitrogens with one attached hydrogen (secondary N) is 1. The number of anilines is 1. The van der Waals surface area contributed by atoms with Crippen LogP contribution < -0.4 is 5.32 Å². The molecule has 0 saturated heterocycles. The predicted octanol–water partition coefficient (Wildman–Crippen LogP) is 5.28. The van der Waals surface area contributed by atoms with E-state index in [0.717, 1.165) is 17.3 Å². The van der Waals surface area contributed by atoms with Crippen LogP contribution >= 0.6 is 11.8 Å². The molecular formula is C26H19F3N4O2S. The fourth-order valence-electron chi connectivity index (χ4n) is 4.00. The number of amides is 2. The molecule has 2 aliphatic rings. The van der Waals surface area contributed by atoms with Gasteiger partial charge < -0.3 is 5.32 Å². The van der Waals surface area contributed by atoms with Crippen LogP contribution in [0.3, 0.4) is 0 Å². The molecule has 2 heterocycles. The first kappa shape index (κ1) is 23.8. The van der Waals surface area contributed by atoms with Crippen molar-refractivity contribution in [1.29, 1.82) is 0 Å². The van der Waals surface area contributed by atoms with Gasteiger partial charge in [-0.3, -0.25) is 9.59 Å². The van der Waals surface area contributed by atoms with E-state index in [2.05, 4.69) is 15.4 Å². The van der Waals surface area contributed by atoms with Crippen molar-refractivity contribution in [1.82, 2.24) is 5.01 Å². The van der Waals surface area contributed by atoms with Crippen molar-refractivity contribution in [2.24, 2.45) is 10.1 Å². The lowest BCUT2D eigenvalue weighted by molar-refractivity contribution is -0.121. The molecule has 182 valence electrons. The summed E-state index contributed by atoms with van der Waals surface area (Å²) < 4.78 is 40.4. The molecule has 0 spiro atoms. The third-order valence-corrected chi connectivity index (χ3v) is 6.89. The molecule has 0 bridgehead atoms. The van der Waals surface area contributed by atoms with E-state index < -0.39 is 22.9 Å². The van der Waals surface area contributed by atoms with Crippen molar-refractivity contribution in [3.8, 4) is 0 Å². The van der Waals surface area contributed by atoms with E-state index in [1.165, 1.54) is 42.5 Å². The topological polar surface area (TPSA) is 74.1 Å². The molecule has 0 unspecified atom stereocenters. The van der Waals surface area contributed by atoms with Gasteiger partial charge in [-0.2, -0.15) is 10.1 Å². The molecule has 2 aliphatic heterocycles. The Bertz CT molecular complexity index is 1380. The number of carbonyl (C=O) groups excluding carboxylic acids is 2. The van der Waals surface area contributed by atoms with Gasteiger partial charge in [0.25, 0.3) is 5.91 Å². The molecule has 2 atom stereocenters. The number of amidine groups is 1. The van der Waals surface area contributed by atoms with Gasteiger partial charge in [0, 0.05) is 18.5 Å². The van der Waals surface area contributed by atoms with Crippen LogP contribution in [0.4, 0.5) is 18.9 Å². The third kappa shape index (κ3) is 5.18. The Morgan fingerprint density at radius 1 is 0.972 bits per heavy atom. The highest BCUT2D eigenvalue weighted by atomic mass is 32.2. The second-order valence-electron chi connectivity index (χ2n) is 8.27. The largest absolute Gasteiger partial charge is 0.326 e. The number of carbonyl (C=O) groups is 2. The maximum atomic E-state index is 13.5. The normalized spacial score (nSPS) is 19.3. The number of thioether (sulfide) groups is 1. The smallest absolute Gasteiger partial charge is 0.262 e. The van der Waals surface area contributed by atoms with Gasteiger partial charge in [0.05, 0.1) is 11.8 Å². The molecule has 0 fully saturated rings. The van der Waals surface area contributed by atoms with Crippen LogP contribution in [0.15, 0.2) is 82.9 Å². The molecule has 0 radical (unpaired) electrons. The van der Waals surface area contributed by atoms with Crippen molar-refractivity contribution < 1.29 is 22.8 Å². The lowest BCUT2D eigenvalue weighted by atomic mass is 9.98. The van der Waals surface area contributed by atoms with Gasteiger partial charge in [0.15, 0.2) is 5.17 Å². The number of hydrogen-bond donors (Lipinski definition) is 1. The molecule has 10 heteroatoms. The summed E-state index contributed by atoms with van der Waals surface area (Å²) in [6.45, 7) is 0. The number of hydrogen-bond acceptors (Lipinski definition) is 5. The molecule has 6 nitrogen and oxygen atoms in total. The summed E-state index contributed by atoms with van der Waals surface area (Å²) in [5.41, 5.74) is 2.43. The summed E-state index contributed by atoms with van der Waals surface area (Å²) in [5.74, 6) is -2.16. The number of aliphatic imine (C=N–C) groups is 1. The minimum absolute atomic E-state index is 0.156. The van der Waals surface area contributed by atoms with Crippen LogP contribution in [0.2, 0.25) is 0 Å². The first-order valence-corrected chi connectivity index (χ1v) is 12.0. The highest BCUT2D eigenvalue weighted by molar-refractivity contribution is 8.15. The molecular weight excluding hydrogens is 489 g/mol. The number of benzene rings is 3. The molecule has 1 N–H and O–H groups in total. The summed E-state index contributed by atoms with van der Waals surface area (Å²) in [7, 11) is 0. The quantitative estimate of drug-likeness (QED) is 0.509. The summed E-state index contributed by atoms with van der Waals surface area (Å²) in [5, 5.41) is 8.39. The third-order valence-electron chi connectivity index (χ3n) is 5.75. The molecule has 3 aromatic rings. The van der Waals surface area contributed by atoms with Crippen molar-refractivity contribution in [3.63, 3.8) is 0 Å². The first-order valence-electron chi connectivity index (χ1n) is 11.1. The number of rotatable bonds is 5. The van der Waals surface area contributed by atoms with E-state index in [9.17, 15) is 22.8 Å². The molecule has 0 saturated carbocycles. The Morgan fingerprint density at radius 2 is 1.67 bits per heavy atom. The Balaban J connectivity index is 1.35. The predicted molar refractivity (Wildman–Crippen MR) is 132 cm³/mol. The van der Waals surface area contributed by atoms with Gasteiger partial charge in [-0.1, -0.05) is 42.1 Å². The standard InChI is InChI=1S/C26H19F3N4O2S/c27-17-8-4-15(5-9-17)21-13-22(16-6-10-18(28)11-7-16)33(32-21)26-31-25(35)23(36-26)14-24(34)30-20-3-1-2-19(29)12-20/h1-12,22-23H,13-14H2,(H,30,34)/t22-,23+/m1/s1. The maximum absolute atomic E-state index is 13.5. The minimum Gasteiger partial charge on any atom is -0.326 e. The zero-order valence-electron chi connectivity index (χ0n) is 18.7. The van der Waals surface area contributed by atoms with Crippen molar-refractivity contribution in [2.45, 2.75) is 24.1 Å². The monoisotopic (exact) mass is 508 g/mol. The SMILES string of the molecule is O=C(C[C@@H]1SC(N2N=C(c3ccc(F)cc3)C[C@@H]2c2ccc(F)cc2)=NC1=O)Nc1cccc(F)c1. The van der Waals surface area contributed by atoms with E-state index in [0.29, 0.717) is 28.6 Å². The lowest BCUT2D eigenvalue weighted by Crippen LogP contribution is -2.25. The van der Waals surface area contributed by atoms with Gasteiger partial charge >= 0.3 is 0 Å². The van der Waals surface area contributed by atoms with Crippen LogP contribution in [0.25, 0.3) is 0 Å². The minimum atomic E-state index is -0.771. The van der Waals surface area contributed by atoms with Crippen molar-refractivity contribution in [3.05, 3.63) is 101 Å². The Labute approximate surface area is 208 Å². The van der Waals surface area contributed by atoms with E-state index in [4.69, 9.17) is 0 Å². The van der Waals surface area contributed by atoms with Crippen LogP contribution in [-0.2, 0) is 9.59 Å². The zero-order chi connectivity index (χ0) is 25.2. The molecule has 0 aromatic heterocycles. The molecule has 2 amide bonds. The summed E-state index contributed by atoms with van der Waals surface area (Å²) >= 11 is 1.11. The first-order chi connectivity index (χ1) is 17.4. The summed E-state index contributed by atoms with van der Waals surface area (Å²) in [6, 6.07) is 17.0. The second-order valence-corrected chi connectivity index (χ2v) is 9.44. The second kappa shape index (κ2) is 9.98. The lowest BCUT2D eigenvalue weighted by Gasteiger charge is -2.23. The van der Waals surface area contributed by atoms with Crippen LogP contribution in [0, 0.1) is 17.5 Å². The Kier molecular flexibility index (Phi) is 6.60. The average molecular weight is 509 g/mol. The van der Waals surface area contributed by atoms with Crippen LogP contribution in [0.1, 0.15) is 30.0 Å². The Hall–Kier alpha value is -3.92. The summed E-state index contributed by atoms with van der Waals surface area (Å²) in [4.78, 5) is 29.3. The van der Waals surface area contributed by atoms with Gasteiger partial charge in [-0.15, -0.1) is 0 Å². The fraction of sp³-hybridized carbons (Fsp3) is 0.154. The van der Waals surface area contributed by atoms with Gasteiger partial charge in [-0.05, 0) is 53.6 Å². The van der Waals surface area contributed by atoms with E-state index >= 15 is 0 Å². The highest BCUT2D eigenvalue weighted by Gasteiger charge is 2.39. The van der Waals surface area contributed by atoms with Crippen molar-refractivity contribution >= 4 is 40.1 Å². The zero-order valence-corrected chi connectivity index (χ0v) is 19.5. The number of halogens is 3. The molecule has 3 aromatic carbocycles. The molecule has 0 aliphatic carbocycles. The maximum Gasteiger partial charge on any atom is 0.262 e. The van der Waals surface area contributed by atoms with Gasteiger partial charge in [-0.25, -0.2) is 18.2 Å². The van der Waals surface area contributed by atoms with Crippen LogP contribution in [-0.4, -0.2) is 33.0 Å². The Morgan fingerprint density at radius 3 is 2.36 bits per heavy atom. The van der Waals surface area contributed by atoms with E-state index in [-0.39, 0.29) is 24.1 Å². The fourth-order valence-corrected chi connectivity index (χ4v) is 5.06. The highest BCUT2D eigenvalue weighted by Crippen LogP contribution is 2.38. The van der Waals surface area contributed by atoms with Crippen LogP contribution in [0.5, 0.6) is 0 Å². The van der Waals surface area contributed by atoms with Gasteiger partial charge in [0.1, 0.15) is 22.7 Å². The molecule has 36 heavy (non-hydrogen) atoms. The molecule has 5 rings (SSSR count). The average Bonchev–Trinajstić information content (AvgIpc) is 3.44. The van der Waals surface area contributed by atoms with E-state index in [1.807, 2.05) is 0 Å². The summed E-state index contributed by atoms with van der Waals surface area (Å²) in [6.07, 6.45) is 0.270. The number of hydrazone groups is 1. The number of nitrogens with zero attached hydrogens (tertiary/aromatic N) is 3. The van der Waals surface area contributed by atoms with Gasteiger partial charge in [0.2, 0.25) is 5.91 Å². The van der Waals surface area contributed by atoms with E-state index in [1.54, 1.807) is 35.3 Å².